The Hall–Kier alpha value is -3.47. The molecular formula is C22H26F2N8O. The van der Waals surface area contributed by atoms with Gasteiger partial charge in [-0.05, 0) is 27.0 Å². The first kappa shape index (κ1) is 22.7. The minimum Gasteiger partial charge on any atom is -0.339 e. The summed E-state index contributed by atoms with van der Waals surface area (Å²) in [5.41, 5.74) is 3.33. The molecule has 0 spiro atoms. The average molecular weight is 457 g/mol. The lowest BCUT2D eigenvalue weighted by molar-refractivity contribution is -0.114. The van der Waals surface area contributed by atoms with Crippen LogP contribution >= 0.6 is 0 Å². The van der Waals surface area contributed by atoms with Crippen LogP contribution in [0.4, 0.5) is 26.1 Å². The minimum atomic E-state index is -3.18. The van der Waals surface area contributed by atoms with Crippen molar-refractivity contribution < 1.29 is 13.6 Å². The molecule has 1 amide bonds. The largest absolute Gasteiger partial charge is 0.339 e. The summed E-state index contributed by atoms with van der Waals surface area (Å²) in [5.74, 6) is -3.51. The topological polar surface area (TPSA) is 101 Å². The summed E-state index contributed by atoms with van der Waals surface area (Å²) < 4.78 is 29.7. The summed E-state index contributed by atoms with van der Waals surface area (Å²) in [6.45, 7) is 7.52. The van der Waals surface area contributed by atoms with Crippen molar-refractivity contribution in [3.8, 4) is 11.3 Å². The number of aromatic nitrogens is 5. The molecule has 0 radical (unpaired) electrons. The maximum atomic E-state index is 13.9. The second kappa shape index (κ2) is 8.47. The number of rotatable bonds is 5. The van der Waals surface area contributed by atoms with Gasteiger partial charge < -0.3 is 10.6 Å². The standard InChI is InChI=1S/C22H26F2N8O/c1-12-8-20(29-21(26-12)22(4,23)24)28-16-10-19(27-14(3)33)25-11-15(16)17-9-18-13(2)31(5)6-7-32(18)30-17/h8-11,13H,6-7H2,1-5H3,(H2,25,26,27,28,29,33)/t13-/m1/s1. The highest BCUT2D eigenvalue weighted by Crippen LogP contribution is 2.34. The number of anilines is 3. The molecule has 0 saturated heterocycles. The molecule has 0 saturated carbocycles. The molecule has 0 aromatic carbocycles. The zero-order valence-corrected chi connectivity index (χ0v) is 19.1. The van der Waals surface area contributed by atoms with Gasteiger partial charge in [-0.3, -0.25) is 14.4 Å². The Morgan fingerprint density at radius 3 is 2.64 bits per heavy atom. The van der Waals surface area contributed by atoms with E-state index in [4.69, 9.17) is 5.10 Å². The predicted octanol–water partition coefficient (Wildman–Crippen LogP) is 3.86. The number of likely N-dealkylation sites (N-methyl/N-ethyl adjacent to an activating group) is 1. The fourth-order valence-electron chi connectivity index (χ4n) is 3.73. The Morgan fingerprint density at radius 1 is 1.18 bits per heavy atom. The van der Waals surface area contributed by atoms with E-state index in [1.165, 1.54) is 6.92 Å². The summed E-state index contributed by atoms with van der Waals surface area (Å²) in [7, 11) is 2.07. The highest BCUT2D eigenvalue weighted by molar-refractivity contribution is 5.89. The van der Waals surface area contributed by atoms with Crippen molar-refractivity contribution in [3.05, 3.63) is 41.6 Å². The molecular weight excluding hydrogens is 430 g/mol. The molecule has 174 valence electrons. The van der Waals surface area contributed by atoms with Gasteiger partial charge in [0.2, 0.25) is 11.7 Å². The molecule has 1 atom stereocenters. The van der Waals surface area contributed by atoms with E-state index in [2.05, 4.69) is 44.5 Å². The van der Waals surface area contributed by atoms with E-state index in [1.54, 1.807) is 25.3 Å². The Bertz CT molecular complexity index is 1200. The number of amides is 1. The van der Waals surface area contributed by atoms with E-state index < -0.39 is 11.7 Å². The normalized spacial score (nSPS) is 16.4. The van der Waals surface area contributed by atoms with E-state index in [-0.39, 0.29) is 17.8 Å². The van der Waals surface area contributed by atoms with Gasteiger partial charge in [-0.15, -0.1) is 0 Å². The number of nitrogens with one attached hydrogen (secondary N) is 2. The Morgan fingerprint density at radius 2 is 1.94 bits per heavy atom. The molecule has 0 unspecified atom stereocenters. The monoisotopic (exact) mass is 456 g/mol. The van der Waals surface area contributed by atoms with Gasteiger partial charge in [0.1, 0.15) is 11.6 Å². The molecule has 0 aliphatic carbocycles. The first-order chi connectivity index (χ1) is 15.5. The molecule has 3 aromatic heterocycles. The highest BCUT2D eigenvalue weighted by atomic mass is 19.3. The van der Waals surface area contributed by atoms with Crippen molar-refractivity contribution in [3.63, 3.8) is 0 Å². The number of nitrogens with zero attached hydrogens (tertiary/aromatic N) is 6. The van der Waals surface area contributed by atoms with Crippen LogP contribution < -0.4 is 10.6 Å². The third-order valence-electron chi connectivity index (χ3n) is 5.56. The molecule has 33 heavy (non-hydrogen) atoms. The number of hydrogen-bond acceptors (Lipinski definition) is 7. The van der Waals surface area contributed by atoms with Gasteiger partial charge in [-0.2, -0.15) is 13.9 Å². The fraction of sp³-hybridized carbons (Fsp3) is 0.409. The predicted molar refractivity (Wildman–Crippen MR) is 120 cm³/mol. The second-order valence-electron chi connectivity index (χ2n) is 8.36. The van der Waals surface area contributed by atoms with Crippen molar-refractivity contribution in [2.75, 3.05) is 24.2 Å². The van der Waals surface area contributed by atoms with Gasteiger partial charge in [0, 0.05) is 56.0 Å². The smallest absolute Gasteiger partial charge is 0.303 e. The lowest BCUT2D eigenvalue weighted by Crippen LogP contribution is -2.33. The number of alkyl halides is 2. The van der Waals surface area contributed by atoms with Crippen LogP contribution in [0.15, 0.2) is 24.4 Å². The number of aryl methyl sites for hydroxylation is 1. The van der Waals surface area contributed by atoms with E-state index in [0.29, 0.717) is 28.5 Å². The van der Waals surface area contributed by atoms with Gasteiger partial charge in [0.15, 0.2) is 0 Å². The summed E-state index contributed by atoms with van der Waals surface area (Å²) >= 11 is 0. The second-order valence-corrected chi connectivity index (χ2v) is 8.36. The third kappa shape index (κ3) is 4.82. The average Bonchev–Trinajstić information content (AvgIpc) is 3.14. The molecule has 11 heteroatoms. The maximum absolute atomic E-state index is 13.9. The number of carbonyl (C=O) groups excluding carboxylic acids is 1. The van der Waals surface area contributed by atoms with Crippen LogP contribution in [0.2, 0.25) is 0 Å². The summed E-state index contributed by atoms with van der Waals surface area (Å²) in [6.07, 6.45) is 1.60. The van der Waals surface area contributed by atoms with Gasteiger partial charge in [-0.1, -0.05) is 0 Å². The van der Waals surface area contributed by atoms with Crippen LogP contribution in [0, 0.1) is 6.92 Å². The van der Waals surface area contributed by atoms with Crippen molar-refractivity contribution >= 4 is 23.2 Å². The molecule has 4 heterocycles. The minimum absolute atomic E-state index is 0.196. The molecule has 1 aliphatic heterocycles. The maximum Gasteiger partial charge on any atom is 0.303 e. The number of pyridine rings is 1. The quantitative estimate of drug-likeness (QED) is 0.601. The van der Waals surface area contributed by atoms with E-state index in [0.717, 1.165) is 25.7 Å². The van der Waals surface area contributed by atoms with Crippen LogP contribution in [0.5, 0.6) is 0 Å². The molecule has 3 aromatic rings. The number of carbonyl (C=O) groups is 1. The third-order valence-corrected chi connectivity index (χ3v) is 5.56. The molecule has 0 fully saturated rings. The molecule has 1 aliphatic rings. The lowest BCUT2D eigenvalue weighted by Gasteiger charge is -2.30. The zero-order chi connectivity index (χ0) is 23.9. The Balaban J connectivity index is 1.78. The van der Waals surface area contributed by atoms with E-state index in [9.17, 15) is 13.6 Å². The molecule has 0 bridgehead atoms. The summed E-state index contributed by atoms with van der Waals surface area (Å²) in [4.78, 5) is 26.0. The fourth-order valence-corrected chi connectivity index (χ4v) is 3.73. The zero-order valence-electron chi connectivity index (χ0n) is 19.1. The molecule has 2 N–H and O–H groups in total. The lowest BCUT2D eigenvalue weighted by atomic mass is 10.1. The first-order valence-corrected chi connectivity index (χ1v) is 10.6. The van der Waals surface area contributed by atoms with Gasteiger partial charge in [0.05, 0.1) is 23.6 Å². The summed E-state index contributed by atoms with van der Waals surface area (Å²) in [6, 6.07) is 5.40. The van der Waals surface area contributed by atoms with Crippen molar-refractivity contribution in [2.45, 2.75) is 46.2 Å². The van der Waals surface area contributed by atoms with Gasteiger partial charge >= 0.3 is 5.92 Å². The molecule has 9 nitrogen and oxygen atoms in total. The van der Waals surface area contributed by atoms with Gasteiger partial charge in [-0.25, -0.2) is 15.0 Å². The van der Waals surface area contributed by atoms with Crippen LogP contribution in [0.25, 0.3) is 11.3 Å². The van der Waals surface area contributed by atoms with Crippen molar-refractivity contribution in [2.24, 2.45) is 0 Å². The SMILES string of the molecule is CC(=O)Nc1cc(Nc2cc(C)nc(C(C)(F)F)n2)c(-c2cc3n(n2)CCN(C)[C@@H]3C)cn1. The van der Waals surface area contributed by atoms with E-state index >= 15 is 0 Å². The van der Waals surface area contributed by atoms with Crippen molar-refractivity contribution in [1.29, 1.82) is 0 Å². The number of halogens is 2. The van der Waals surface area contributed by atoms with Crippen LogP contribution in [0.3, 0.4) is 0 Å². The van der Waals surface area contributed by atoms with E-state index in [1.807, 2.05) is 10.7 Å². The number of hydrogen-bond donors (Lipinski definition) is 2. The summed E-state index contributed by atoms with van der Waals surface area (Å²) in [5, 5.41) is 10.5. The van der Waals surface area contributed by atoms with Gasteiger partial charge in [0.25, 0.3) is 0 Å². The number of fused-ring (bicyclic) bond motifs is 1. The van der Waals surface area contributed by atoms with Crippen molar-refractivity contribution in [1.82, 2.24) is 29.6 Å². The Labute approximate surface area is 190 Å². The highest BCUT2D eigenvalue weighted by Gasteiger charge is 2.29. The first-order valence-electron chi connectivity index (χ1n) is 10.6. The van der Waals surface area contributed by atoms with Crippen LogP contribution in [0.1, 0.15) is 44.0 Å². The van der Waals surface area contributed by atoms with Crippen LogP contribution in [-0.4, -0.2) is 49.1 Å². The van der Waals surface area contributed by atoms with Crippen LogP contribution in [-0.2, 0) is 17.3 Å². The molecule has 4 rings (SSSR count). The Kier molecular flexibility index (Phi) is 5.83.